The lowest BCUT2D eigenvalue weighted by Gasteiger charge is -2.18. The molecule has 0 amide bonds. The van der Waals surface area contributed by atoms with E-state index < -0.39 is 0 Å². The van der Waals surface area contributed by atoms with Gasteiger partial charge >= 0.3 is 0 Å². The second-order valence-corrected chi connectivity index (χ2v) is 17.2. The molecule has 0 saturated heterocycles. The Morgan fingerprint density at radius 2 is 0.815 bits per heavy atom. The average Bonchev–Trinajstić information content (AvgIpc) is 3.31. The summed E-state index contributed by atoms with van der Waals surface area (Å²) in [6, 6.07) is 15.8. The number of allylic oxidation sites excluding steroid dienone is 2. The Kier molecular flexibility index (Phi) is 29.6. The maximum atomic E-state index is 13.3. The quantitative estimate of drug-likeness (QED) is 0.0291. The molecule has 0 fully saturated rings. The van der Waals surface area contributed by atoms with Crippen LogP contribution in [0.4, 0.5) is 11.4 Å². The van der Waals surface area contributed by atoms with Crippen LogP contribution >= 0.6 is 0 Å². The number of phenolic OH excluding ortho intramolecular Hbond substituents is 1. The minimum atomic E-state index is -0.366. The van der Waals surface area contributed by atoms with Crippen LogP contribution in [-0.2, 0) is 0 Å². The lowest BCUT2D eigenvalue weighted by Crippen LogP contribution is -2.06. The fraction of sp³-hybridized carbons (Fsp3) is 0.571. The molecule has 360 valence electrons. The monoisotopic (exact) mass is 897 g/mol. The van der Waals surface area contributed by atoms with Crippen LogP contribution in [0.25, 0.3) is 0 Å². The average molecular weight is 897 g/mol. The third-order valence-corrected chi connectivity index (χ3v) is 11.4. The SMILES string of the molecule is CCCCCCCCOc1ccc(C(=O)/C=C/Nc2cc(OCCCCCCCC)c(OCCCCCCCC)cc2N/C=C/C(=O)c2ccc(OCCCCCCCC)cc2O)cc1. The molecule has 9 heteroatoms. The number of carbonyl (C=O) groups is 2. The van der Waals surface area contributed by atoms with Gasteiger partial charge in [0.1, 0.15) is 17.2 Å². The van der Waals surface area contributed by atoms with Gasteiger partial charge in [-0.2, -0.15) is 0 Å². The Balaban J connectivity index is 1.76. The summed E-state index contributed by atoms with van der Waals surface area (Å²) >= 11 is 0. The molecule has 0 bridgehead atoms. The molecule has 0 radical (unpaired) electrons. The van der Waals surface area contributed by atoms with Crippen LogP contribution in [0.3, 0.4) is 0 Å². The van der Waals surface area contributed by atoms with Crippen molar-refractivity contribution in [3.05, 3.63) is 90.3 Å². The van der Waals surface area contributed by atoms with Crippen LogP contribution in [0.2, 0.25) is 0 Å². The maximum absolute atomic E-state index is 13.3. The van der Waals surface area contributed by atoms with Gasteiger partial charge in [-0.05, 0) is 62.1 Å². The molecule has 3 N–H and O–H groups in total. The summed E-state index contributed by atoms with van der Waals surface area (Å²) in [7, 11) is 0. The molecule has 0 atom stereocenters. The van der Waals surface area contributed by atoms with Crippen LogP contribution in [0.1, 0.15) is 203 Å². The minimum absolute atomic E-state index is 0.134. The van der Waals surface area contributed by atoms with Gasteiger partial charge in [-0.3, -0.25) is 9.59 Å². The van der Waals surface area contributed by atoms with Crippen molar-refractivity contribution >= 4 is 22.9 Å². The summed E-state index contributed by atoms with van der Waals surface area (Å²) in [6.07, 6.45) is 34.0. The van der Waals surface area contributed by atoms with Crippen molar-refractivity contribution in [2.45, 2.75) is 182 Å². The smallest absolute Gasteiger partial charge is 0.191 e. The normalized spacial score (nSPS) is 11.3. The zero-order valence-corrected chi connectivity index (χ0v) is 40.7. The first-order valence-corrected chi connectivity index (χ1v) is 25.5. The molecule has 0 aliphatic rings. The topological polar surface area (TPSA) is 115 Å². The first-order chi connectivity index (χ1) is 31.9. The summed E-state index contributed by atoms with van der Waals surface area (Å²) in [5.74, 6) is 1.85. The van der Waals surface area contributed by atoms with Crippen LogP contribution in [-0.4, -0.2) is 43.1 Å². The number of ether oxygens (including phenoxy) is 4. The van der Waals surface area contributed by atoms with Crippen molar-refractivity contribution in [3.63, 3.8) is 0 Å². The molecule has 0 aliphatic carbocycles. The van der Waals surface area contributed by atoms with Gasteiger partial charge in [0.15, 0.2) is 23.1 Å². The number of ketones is 2. The maximum Gasteiger partial charge on any atom is 0.191 e. The first-order valence-electron chi connectivity index (χ1n) is 25.5. The van der Waals surface area contributed by atoms with E-state index in [4.69, 9.17) is 18.9 Å². The Morgan fingerprint density at radius 3 is 1.25 bits per heavy atom. The fourth-order valence-electron chi connectivity index (χ4n) is 7.42. The lowest BCUT2D eigenvalue weighted by molar-refractivity contribution is 0.103. The van der Waals surface area contributed by atoms with Gasteiger partial charge in [0.05, 0.1) is 43.4 Å². The molecule has 65 heavy (non-hydrogen) atoms. The molecular weight excluding hydrogens is 813 g/mol. The standard InChI is InChI=1S/C56H84N2O7/c1-5-9-13-17-21-25-39-62-47-31-29-46(30-32-47)52(59)35-37-57-50-44-55(64-41-27-23-19-15-11-7-3)56(65-42-28-24-20-16-12-8-4)45-51(50)58-38-36-53(60)49-34-33-48(43-54(49)61)63-40-26-22-18-14-10-6-2/h29-38,43-45,57-58,61H,5-28,39-42H2,1-4H3/b37-35+,38-36+. The van der Waals surface area contributed by atoms with Gasteiger partial charge < -0.3 is 34.7 Å². The summed E-state index contributed by atoms with van der Waals surface area (Å²) in [6.45, 7) is 11.2. The molecule has 0 aliphatic heterocycles. The number of nitrogens with one attached hydrogen (secondary N) is 2. The number of aromatic hydroxyl groups is 1. The Labute approximate surface area is 393 Å². The van der Waals surface area contributed by atoms with Crippen molar-refractivity contribution in [2.75, 3.05) is 37.1 Å². The Morgan fingerprint density at radius 1 is 0.446 bits per heavy atom. The number of unbranched alkanes of at least 4 members (excludes halogenated alkanes) is 20. The van der Waals surface area contributed by atoms with E-state index in [1.54, 1.807) is 36.7 Å². The lowest BCUT2D eigenvalue weighted by atomic mass is 10.1. The van der Waals surface area contributed by atoms with E-state index in [0.29, 0.717) is 60.6 Å². The van der Waals surface area contributed by atoms with Gasteiger partial charge in [0, 0.05) is 48.3 Å². The number of hydrogen-bond donors (Lipinski definition) is 3. The Bertz CT molecular complexity index is 1790. The third-order valence-electron chi connectivity index (χ3n) is 11.4. The van der Waals surface area contributed by atoms with E-state index in [-0.39, 0.29) is 22.9 Å². The zero-order valence-electron chi connectivity index (χ0n) is 40.7. The van der Waals surface area contributed by atoms with Gasteiger partial charge in [-0.25, -0.2) is 0 Å². The number of phenols is 1. The molecular formula is C56H84N2O7. The van der Waals surface area contributed by atoms with Crippen LogP contribution in [0, 0.1) is 0 Å². The van der Waals surface area contributed by atoms with E-state index in [9.17, 15) is 14.7 Å². The summed E-state index contributed by atoms with van der Waals surface area (Å²) in [5, 5.41) is 17.3. The molecule has 0 saturated carbocycles. The molecule has 3 rings (SSSR count). The van der Waals surface area contributed by atoms with E-state index in [1.165, 1.54) is 121 Å². The van der Waals surface area contributed by atoms with Crippen molar-refractivity contribution in [1.82, 2.24) is 0 Å². The van der Waals surface area contributed by atoms with E-state index in [2.05, 4.69) is 38.3 Å². The molecule has 0 heterocycles. The van der Waals surface area contributed by atoms with Crippen LogP contribution in [0.15, 0.2) is 79.1 Å². The zero-order chi connectivity index (χ0) is 46.6. The molecule has 3 aromatic carbocycles. The summed E-state index contributed by atoms with van der Waals surface area (Å²) in [4.78, 5) is 26.6. The first kappa shape index (κ1) is 54.4. The van der Waals surface area contributed by atoms with Gasteiger partial charge in [-0.15, -0.1) is 0 Å². The molecule has 3 aromatic rings. The Hall–Kier alpha value is -4.92. The van der Waals surface area contributed by atoms with Crippen molar-refractivity contribution in [3.8, 4) is 28.7 Å². The largest absolute Gasteiger partial charge is 0.507 e. The second kappa shape index (κ2) is 35.4. The van der Waals surface area contributed by atoms with E-state index >= 15 is 0 Å². The van der Waals surface area contributed by atoms with Gasteiger partial charge in [-0.1, -0.05) is 156 Å². The molecule has 0 unspecified atom stereocenters. The highest BCUT2D eigenvalue weighted by Gasteiger charge is 2.14. The van der Waals surface area contributed by atoms with Crippen molar-refractivity contribution in [1.29, 1.82) is 0 Å². The molecule has 0 spiro atoms. The number of benzene rings is 3. The molecule has 0 aromatic heterocycles. The summed E-state index contributed by atoms with van der Waals surface area (Å²) in [5.41, 5.74) is 1.97. The van der Waals surface area contributed by atoms with Crippen LogP contribution < -0.4 is 29.6 Å². The highest BCUT2D eigenvalue weighted by atomic mass is 16.5. The number of hydrogen-bond acceptors (Lipinski definition) is 9. The predicted octanol–water partition coefficient (Wildman–Crippen LogP) is 16.0. The van der Waals surface area contributed by atoms with Crippen molar-refractivity contribution in [2.24, 2.45) is 0 Å². The number of carbonyl (C=O) groups excluding carboxylic acids is 2. The van der Waals surface area contributed by atoms with E-state index in [0.717, 1.165) is 57.1 Å². The summed E-state index contributed by atoms with van der Waals surface area (Å²) < 4.78 is 24.5. The second-order valence-electron chi connectivity index (χ2n) is 17.2. The van der Waals surface area contributed by atoms with E-state index in [1.807, 2.05) is 24.3 Å². The van der Waals surface area contributed by atoms with Gasteiger partial charge in [0.2, 0.25) is 0 Å². The number of anilines is 2. The predicted molar refractivity (Wildman–Crippen MR) is 271 cm³/mol. The van der Waals surface area contributed by atoms with Gasteiger partial charge in [0.25, 0.3) is 0 Å². The third kappa shape index (κ3) is 23.7. The van der Waals surface area contributed by atoms with Crippen LogP contribution in [0.5, 0.6) is 28.7 Å². The molecule has 9 nitrogen and oxygen atoms in total. The van der Waals surface area contributed by atoms with Crippen molar-refractivity contribution < 1.29 is 33.6 Å². The highest BCUT2D eigenvalue weighted by molar-refractivity contribution is 6.07. The minimum Gasteiger partial charge on any atom is -0.507 e. The number of rotatable bonds is 40. The fourth-order valence-corrected chi connectivity index (χ4v) is 7.42. The highest BCUT2D eigenvalue weighted by Crippen LogP contribution is 2.38.